The van der Waals surface area contributed by atoms with E-state index in [0.29, 0.717) is 17.0 Å². The lowest BCUT2D eigenvalue weighted by Gasteiger charge is -2.12. The van der Waals surface area contributed by atoms with Crippen LogP contribution in [0.2, 0.25) is 0 Å². The van der Waals surface area contributed by atoms with E-state index < -0.39 is 11.8 Å². The van der Waals surface area contributed by atoms with E-state index >= 15 is 0 Å². The molecule has 130 valence electrons. The molecule has 0 radical (unpaired) electrons. The Kier molecular flexibility index (Phi) is 3.92. The number of benzene rings is 3. The van der Waals surface area contributed by atoms with Gasteiger partial charge in [0.15, 0.2) is 5.71 Å². The van der Waals surface area contributed by atoms with Gasteiger partial charge in [-0.1, -0.05) is 36.4 Å². The Balaban J connectivity index is 1.70. The minimum absolute atomic E-state index is 0.105. The number of alkyl halides is 2. The highest BCUT2D eigenvalue weighted by atomic mass is 19.3. The second-order valence-corrected chi connectivity index (χ2v) is 5.88. The number of fused-ring (bicyclic) bond motifs is 1. The number of aliphatic imine (C=N–C) groups is 1. The number of halogens is 2. The first-order valence-electron chi connectivity index (χ1n) is 8.06. The van der Waals surface area contributed by atoms with Gasteiger partial charge in [0.05, 0.1) is 12.8 Å². The summed E-state index contributed by atoms with van der Waals surface area (Å²) in [5, 5.41) is 1.99. The number of hydrogen-bond acceptors (Lipinski definition) is 3. The van der Waals surface area contributed by atoms with Crippen molar-refractivity contribution in [2.75, 3.05) is 7.11 Å². The van der Waals surface area contributed by atoms with Gasteiger partial charge in [-0.2, -0.15) is 8.78 Å². The average Bonchev–Trinajstić information content (AvgIpc) is 2.96. The highest BCUT2D eigenvalue weighted by Crippen LogP contribution is 2.36. The van der Waals surface area contributed by atoms with Crippen molar-refractivity contribution < 1.29 is 18.3 Å². The molecule has 0 unspecified atom stereocenters. The maximum absolute atomic E-state index is 14.3. The Bertz CT molecular complexity index is 1020. The topological polar surface area (TPSA) is 30.8 Å². The first kappa shape index (κ1) is 16.3. The molecular weight excluding hydrogens is 336 g/mol. The molecule has 0 spiro atoms. The molecule has 0 atom stereocenters. The third-order valence-corrected chi connectivity index (χ3v) is 4.16. The summed E-state index contributed by atoms with van der Waals surface area (Å²) in [7, 11) is 1.54. The lowest BCUT2D eigenvalue weighted by molar-refractivity contribution is -0.125. The van der Waals surface area contributed by atoms with E-state index in [-0.39, 0.29) is 5.76 Å². The van der Waals surface area contributed by atoms with Crippen LogP contribution in [-0.4, -0.2) is 18.9 Å². The molecule has 3 aromatic rings. The quantitative estimate of drug-likeness (QED) is 0.616. The van der Waals surface area contributed by atoms with E-state index in [1.165, 1.54) is 6.08 Å². The molecule has 0 saturated heterocycles. The van der Waals surface area contributed by atoms with Gasteiger partial charge in [0.1, 0.15) is 11.5 Å². The first-order valence-corrected chi connectivity index (χ1v) is 8.06. The van der Waals surface area contributed by atoms with Gasteiger partial charge in [0, 0.05) is 11.6 Å². The molecule has 0 aromatic heterocycles. The van der Waals surface area contributed by atoms with Crippen molar-refractivity contribution in [2.45, 2.75) is 6.11 Å². The number of rotatable bonds is 3. The third kappa shape index (κ3) is 3.04. The highest BCUT2D eigenvalue weighted by Gasteiger charge is 2.44. The predicted octanol–water partition coefficient (Wildman–Crippen LogP) is 5.59. The van der Waals surface area contributed by atoms with E-state index in [4.69, 9.17) is 9.47 Å². The fourth-order valence-corrected chi connectivity index (χ4v) is 2.81. The van der Waals surface area contributed by atoms with Crippen LogP contribution in [0.15, 0.2) is 77.8 Å². The van der Waals surface area contributed by atoms with E-state index in [2.05, 4.69) is 4.99 Å². The van der Waals surface area contributed by atoms with E-state index in [1.54, 1.807) is 37.4 Å². The highest BCUT2D eigenvalue weighted by molar-refractivity contribution is 6.08. The van der Waals surface area contributed by atoms with Crippen LogP contribution in [0.1, 0.15) is 5.56 Å². The molecule has 3 aromatic carbocycles. The maximum atomic E-state index is 14.3. The average molecular weight is 351 g/mol. The van der Waals surface area contributed by atoms with Crippen LogP contribution in [0.3, 0.4) is 0 Å². The van der Waals surface area contributed by atoms with Crippen molar-refractivity contribution in [3.8, 4) is 5.75 Å². The molecule has 0 saturated carbocycles. The van der Waals surface area contributed by atoms with Gasteiger partial charge in [-0.05, 0) is 41.1 Å². The molecule has 26 heavy (non-hydrogen) atoms. The van der Waals surface area contributed by atoms with Gasteiger partial charge in [-0.3, -0.25) is 0 Å². The largest absolute Gasteiger partial charge is 0.497 e. The molecule has 1 aliphatic rings. The molecular formula is C21H15F2NO2. The van der Waals surface area contributed by atoms with Crippen molar-refractivity contribution in [1.82, 2.24) is 0 Å². The molecule has 4 rings (SSSR count). The van der Waals surface area contributed by atoms with Gasteiger partial charge < -0.3 is 9.47 Å². The first-order chi connectivity index (χ1) is 12.5. The third-order valence-electron chi connectivity index (χ3n) is 4.16. The van der Waals surface area contributed by atoms with Crippen molar-refractivity contribution >= 4 is 27.9 Å². The lowest BCUT2D eigenvalue weighted by atomic mass is 10.1. The van der Waals surface area contributed by atoms with Gasteiger partial charge >= 0.3 is 6.11 Å². The van der Waals surface area contributed by atoms with Gasteiger partial charge in [0.2, 0.25) is 0 Å². The van der Waals surface area contributed by atoms with Crippen molar-refractivity contribution in [3.63, 3.8) is 0 Å². The van der Waals surface area contributed by atoms with Crippen LogP contribution < -0.4 is 4.74 Å². The summed E-state index contributed by atoms with van der Waals surface area (Å²) in [6.45, 7) is 0. The van der Waals surface area contributed by atoms with Gasteiger partial charge in [-0.25, -0.2) is 4.99 Å². The SMILES string of the molecule is COc1ccc(N=C2C=C(c3ccc4ccccc4c3)OC2(F)F)cc1. The fraction of sp³-hybridized carbons (Fsp3) is 0.0952. The normalized spacial score (nSPS) is 17.2. The van der Waals surface area contributed by atoms with E-state index in [9.17, 15) is 8.78 Å². The molecule has 1 aliphatic heterocycles. The second-order valence-electron chi connectivity index (χ2n) is 5.88. The van der Waals surface area contributed by atoms with Gasteiger partial charge in [-0.15, -0.1) is 0 Å². The Labute approximate surface area is 149 Å². The molecule has 5 heteroatoms. The number of nitrogens with zero attached hydrogens (tertiary/aromatic N) is 1. The Morgan fingerprint density at radius 1 is 0.923 bits per heavy atom. The smallest absolute Gasteiger partial charge is 0.444 e. The molecule has 0 fully saturated rings. The van der Waals surface area contributed by atoms with Crippen LogP contribution >= 0.6 is 0 Å². The summed E-state index contributed by atoms with van der Waals surface area (Å²) in [6.07, 6.45) is -2.19. The molecule has 0 bridgehead atoms. The molecule has 1 heterocycles. The number of methoxy groups -OCH3 is 1. The van der Waals surface area contributed by atoms with Crippen molar-refractivity contribution in [3.05, 3.63) is 78.4 Å². The van der Waals surface area contributed by atoms with Crippen LogP contribution in [0.5, 0.6) is 5.75 Å². The van der Waals surface area contributed by atoms with E-state index in [0.717, 1.165) is 10.8 Å². The summed E-state index contributed by atoms with van der Waals surface area (Å²) < 4.78 is 38.5. The zero-order chi connectivity index (χ0) is 18.1. The summed E-state index contributed by atoms with van der Waals surface area (Å²) in [4.78, 5) is 4.03. The summed E-state index contributed by atoms with van der Waals surface area (Å²) >= 11 is 0. The summed E-state index contributed by atoms with van der Waals surface area (Å²) in [5.74, 6) is 0.740. The minimum Gasteiger partial charge on any atom is -0.497 e. The second kappa shape index (κ2) is 6.26. The van der Waals surface area contributed by atoms with Crippen molar-refractivity contribution in [1.29, 1.82) is 0 Å². The van der Waals surface area contributed by atoms with Gasteiger partial charge in [0.25, 0.3) is 0 Å². The predicted molar refractivity (Wildman–Crippen MR) is 98.0 cm³/mol. The maximum Gasteiger partial charge on any atom is 0.444 e. The zero-order valence-electron chi connectivity index (χ0n) is 13.9. The monoisotopic (exact) mass is 351 g/mol. The molecule has 0 amide bonds. The summed E-state index contributed by atoms with van der Waals surface area (Å²) in [6, 6.07) is 19.8. The zero-order valence-corrected chi connectivity index (χ0v) is 13.9. The molecule has 0 N–H and O–H groups in total. The Morgan fingerprint density at radius 2 is 1.65 bits per heavy atom. The van der Waals surface area contributed by atoms with Crippen molar-refractivity contribution in [2.24, 2.45) is 4.99 Å². The van der Waals surface area contributed by atoms with Crippen LogP contribution in [-0.2, 0) is 4.74 Å². The molecule has 3 nitrogen and oxygen atoms in total. The number of ether oxygens (including phenoxy) is 2. The van der Waals surface area contributed by atoms with Crippen LogP contribution in [0, 0.1) is 0 Å². The number of hydrogen-bond donors (Lipinski definition) is 0. The fourth-order valence-electron chi connectivity index (χ4n) is 2.81. The Hall–Kier alpha value is -3.21. The van der Waals surface area contributed by atoms with Crippen LogP contribution in [0.25, 0.3) is 16.5 Å². The summed E-state index contributed by atoms with van der Waals surface area (Å²) in [5.41, 5.74) is 0.564. The lowest BCUT2D eigenvalue weighted by Crippen LogP contribution is -2.24. The molecule has 0 aliphatic carbocycles. The minimum atomic E-state index is -3.47. The Morgan fingerprint density at radius 3 is 2.38 bits per heavy atom. The van der Waals surface area contributed by atoms with Crippen LogP contribution in [0.4, 0.5) is 14.5 Å². The standard InChI is InChI=1S/C21H15F2NO2/c1-25-18-10-8-17(9-11-18)24-20-13-19(26-21(20,22)23)16-7-6-14-4-2-3-5-15(14)12-16/h2-13H,1H3. The van der Waals surface area contributed by atoms with E-state index in [1.807, 2.05) is 36.4 Å².